The van der Waals surface area contributed by atoms with Crippen LogP contribution in [0.3, 0.4) is 0 Å². The molecule has 4 unspecified atom stereocenters. The van der Waals surface area contributed by atoms with Crippen LogP contribution >= 0.6 is 0 Å². The van der Waals surface area contributed by atoms with E-state index in [1.165, 1.54) is 13.4 Å². The molecule has 0 radical (unpaired) electrons. The van der Waals surface area contributed by atoms with E-state index in [2.05, 4.69) is 9.80 Å². The van der Waals surface area contributed by atoms with Crippen LogP contribution < -0.4 is 4.74 Å². The number of allylic oxidation sites excluding steroid dienone is 1. The molecule has 1 aromatic carbocycles. The summed E-state index contributed by atoms with van der Waals surface area (Å²) in [7, 11) is 1.32. The lowest BCUT2D eigenvalue weighted by Crippen LogP contribution is -2.55. The lowest BCUT2D eigenvalue weighted by Gasteiger charge is -2.44. The number of rotatable bonds is 7. The van der Waals surface area contributed by atoms with Crippen LogP contribution in [0.25, 0.3) is 0 Å². The summed E-state index contributed by atoms with van der Waals surface area (Å²) >= 11 is 0. The van der Waals surface area contributed by atoms with Crippen molar-refractivity contribution in [3.8, 4) is 5.75 Å². The topological polar surface area (TPSA) is 109 Å². The van der Waals surface area contributed by atoms with Crippen molar-refractivity contribution in [2.24, 2.45) is 11.8 Å². The number of aliphatic hydroxyl groups is 2. The predicted molar refractivity (Wildman–Crippen MR) is 119 cm³/mol. The molecule has 2 heterocycles. The average Bonchev–Trinajstić information content (AvgIpc) is 2.84. The number of carbonyl (C=O) groups is 2. The third kappa shape index (κ3) is 5.38. The molecule has 1 aromatic rings. The van der Waals surface area contributed by atoms with Gasteiger partial charge in [-0.3, -0.25) is 9.69 Å². The van der Waals surface area contributed by atoms with Gasteiger partial charge < -0.3 is 29.3 Å². The van der Waals surface area contributed by atoms with Crippen LogP contribution in [0.15, 0.2) is 36.3 Å². The van der Waals surface area contributed by atoms with Crippen LogP contribution in [0.4, 0.5) is 0 Å². The van der Waals surface area contributed by atoms with E-state index in [1.807, 2.05) is 0 Å². The summed E-state index contributed by atoms with van der Waals surface area (Å²) in [6, 6.07) is 6.37. The third-order valence-electron chi connectivity index (χ3n) is 6.85. The molecule has 1 aliphatic carbocycles. The molecular formula is C24H32N2O7. The first-order valence-electron chi connectivity index (χ1n) is 11.5. The third-order valence-corrected chi connectivity index (χ3v) is 6.85. The largest absolute Gasteiger partial charge is 0.493 e. The molecule has 0 spiro atoms. The first-order valence-corrected chi connectivity index (χ1v) is 11.5. The van der Waals surface area contributed by atoms with Gasteiger partial charge in [0.15, 0.2) is 0 Å². The molecular weight excluding hydrogens is 428 g/mol. The Balaban J connectivity index is 1.39. The van der Waals surface area contributed by atoms with E-state index in [4.69, 9.17) is 19.3 Å². The fourth-order valence-electron chi connectivity index (χ4n) is 4.94. The molecule has 0 aromatic heterocycles. The van der Waals surface area contributed by atoms with E-state index in [9.17, 15) is 14.7 Å². The first kappa shape index (κ1) is 23.7. The Morgan fingerprint density at radius 2 is 1.82 bits per heavy atom. The number of piperazine rings is 1. The maximum Gasteiger partial charge on any atom is 0.337 e. The summed E-state index contributed by atoms with van der Waals surface area (Å²) in [4.78, 5) is 29.3. The molecule has 1 saturated heterocycles. The quantitative estimate of drug-likeness (QED) is 0.567. The second-order valence-corrected chi connectivity index (χ2v) is 8.85. The van der Waals surface area contributed by atoms with Gasteiger partial charge in [-0.15, -0.1) is 0 Å². The molecule has 9 nitrogen and oxygen atoms in total. The predicted octanol–water partition coefficient (Wildman–Crippen LogP) is 0.658. The Labute approximate surface area is 193 Å². The molecule has 2 aliphatic heterocycles. The smallest absolute Gasteiger partial charge is 0.337 e. The number of ether oxygens (including phenoxy) is 3. The molecule has 2 N–H and O–H groups in total. The van der Waals surface area contributed by atoms with Gasteiger partial charge in [-0.2, -0.15) is 0 Å². The number of fused-ring (bicyclic) bond motifs is 1. The van der Waals surface area contributed by atoms with Crippen molar-refractivity contribution in [2.45, 2.75) is 25.0 Å². The zero-order valence-electron chi connectivity index (χ0n) is 18.9. The molecule has 180 valence electrons. The molecule has 4 rings (SSSR count). The highest BCUT2D eigenvalue weighted by Gasteiger charge is 2.47. The highest BCUT2D eigenvalue weighted by atomic mass is 16.5. The fourth-order valence-corrected chi connectivity index (χ4v) is 4.94. The maximum absolute atomic E-state index is 13.2. The minimum Gasteiger partial charge on any atom is -0.493 e. The van der Waals surface area contributed by atoms with Gasteiger partial charge >= 0.3 is 5.97 Å². The summed E-state index contributed by atoms with van der Waals surface area (Å²) in [5.41, 5.74) is 0.395. The van der Waals surface area contributed by atoms with Crippen LogP contribution in [0.1, 0.15) is 23.2 Å². The second kappa shape index (κ2) is 10.6. The lowest BCUT2D eigenvalue weighted by molar-refractivity contribution is -0.140. The summed E-state index contributed by atoms with van der Waals surface area (Å²) in [6.07, 6.45) is 1.56. The minimum atomic E-state index is -0.517. The van der Waals surface area contributed by atoms with E-state index in [-0.39, 0.29) is 36.1 Å². The van der Waals surface area contributed by atoms with Crippen LogP contribution in [0, 0.1) is 11.8 Å². The van der Waals surface area contributed by atoms with E-state index in [0.717, 1.165) is 26.2 Å². The van der Waals surface area contributed by atoms with Crippen molar-refractivity contribution >= 4 is 11.8 Å². The molecule has 1 saturated carbocycles. The number of hydrogen-bond acceptors (Lipinski definition) is 9. The Hall–Kier alpha value is -2.46. The minimum absolute atomic E-state index is 0.118. The van der Waals surface area contributed by atoms with Crippen molar-refractivity contribution in [1.82, 2.24) is 9.80 Å². The van der Waals surface area contributed by atoms with Gasteiger partial charge in [0.25, 0.3) is 0 Å². The molecule has 3 aliphatic rings. The number of methoxy groups -OCH3 is 1. The number of benzene rings is 1. The molecule has 2 fully saturated rings. The zero-order chi connectivity index (χ0) is 23.4. The Morgan fingerprint density at radius 3 is 2.48 bits per heavy atom. The number of ketones is 1. The molecule has 9 heteroatoms. The van der Waals surface area contributed by atoms with E-state index >= 15 is 0 Å². The van der Waals surface area contributed by atoms with Gasteiger partial charge in [0, 0.05) is 45.2 Å². The Kier molecular flexibility index (Phi) is 7.64. The van der Waals surface area contributed by atoms with E-state index in [0.29, 0.717) is 37.2 Å². The van der Waals surface area contributed by atoms with Gasteiger partial charge in [-0.1, -0.05) is 0 Å². The maximum atomic E-state index is 13.2. The van der Waals surface area contributed by atoms with Crippen LogP contribution in [0.5, 0.6) is 5.75 Å². The average molecular weight is 461 g/mol. The number of β-amino-alcohol motifs (C(OH)–C–C–N with tert-alkyl or cyclic N) is 1. The summed E-state index contributed by atoms with van der Waals surface area (Å²) in [6.45, 7) is 4.99. The normalized spacial score (nSPS) is 28.5. The van der Waals surface area contributed by atoms with Gasteiger partial charge in [-0.25, -0.2) is 4.79 Å². The molecule has 4 atom stereocenters. The van der Waals surface area contributed by atoms with E-state index < -0.39 is 12.1 Å². The van der Waals surface area contributed by atoms with Gasteiger partial charge in [-0.05, 0) is 37.1 Å². The van der Waals surface area contributed by atoms with Crippen LogP contribution in [0.2, 0.25) is 0 Å². The number of esters is 1. The van der Waals surface area contributed by atoms with Crippen molar-refractivity contribution in [2.75, 3.05) is 53.0 Å². The van der Waals surface area contributed by atoms with Gasteiger partial charge in [0.2, 0.25) is 11.5 Å². The number of hydrogen-bond donors (Lipinski definition) is 2. The second-order valence-electron chi connectivity index (χ2n) is 8.85. The van der Waals surface area contributed by atoms with Crippen LogP contribution in [-0.4, -0.2) is 97.0 Å². The molecule has 0 bridgehead atoms. The first-order chi connectivity index (χ1) is 16.0. The zero-order valence-corrected chi connectivity index (χ0v) is 18.9. The summed E-state index contributed by atoms with van der Waals surface area (Å²) < 4.78 is 16.4. The SMILES string of the molecule is COC(=O)c1ccc(OC2=COC3C(CCC(O)C3CN3CCN(CCO)CC3)C2=O)cc1. The standard InChI is InChI=1S/C24H32N2O7/c1-31-24(30)16-2-4-17(5-3-16)33-21-15-32-23-18(22(21)29)6-7-20(28)19(23)14-26-10-8-25(9-11-26)12-13-27/h2-5,15,18-20,23,27-28H,6-14H2,1H3. The van der Waals surface area contributed by atoms with Gasteiger partial charge in [0.05, 0.1) is 31.3 Å². The van der Waals surface area contributed by atoms with Crippen molar-refractivity contribution < 1.29 is 34.0 Å². The number of carbonyl (C=O) groups excluding carboxylic acids is 2. The number of aliphatic hydroxyl groups excluding tert-OH is 2. The van der Waals surface area contributed by atoms with Crippen LogP contribution in [-0.2, 0) is 14.3 Å². The highest BCUT2D eigenvalue weighted by Crippen LogP contribution is 2.38. The lowest BCUT2D eigenvalue weighted by atomic mass is 9.73. The summed E-state index contributed by atoms with van der Waals surface area (Å²) in [5.74, 6) is -0.514. The van der Waals surface area contributed by atoms with Crippen molar-refractivity contribution in [1.29, 1.82) is 0 Å². The monoisotopic (exact) mass is 460 g/mol. The van der Waals surface area contributed by atoms with Crippen molar-refractivity contribution in [3.05, 3.63) is 41.9 Å². The molecule has 33 heavy (non-hydrogen) atoms. The van der Waals surface area contributed by atoms with Gasteiger partial charge in [0.1, 0.15) is 18.1 Å². The Morgan fingerprint density at radius 1 is 1.12 bits per heavy atom. The fraction of sp³-hybridized carbons (Fsp3) is 0.583. The Bertz CT molecular complexity index is 864. The van der Waals surface area contributed by atoms with Crippen molar-refractivity contribution in [3.63, 3.8) is 0 Å². The molecule has 0 amide bonds. The highest BCUT2D eigenvalue weighted by molar-refractivity contribution is 5.96. The number of nitrogens with zero attached hydrogens (tertiary/aromatic N) is 2. The van der Waals surface area contributed by atoms with E-state index in [1.54, 1.807) is 24.3 Å². The number of Topliss-reactive ketones (excluding diaryl/α,β-unsaturated/α-hetero) is 1. The summed E-state index contributed by atoms with van der Waals surface area (Å²) in [5, 5.41) is 19.8.